The molecule has 1 amide bonds. The summed E-state index contributed by atoms with van der Waals surface area (Å²) in [5.74, 6) is -0.588. The van der Waals surface area contributed by atoms with Gasteiger partial charge in [-0.2, -0.15) is 0 Å². The van der Waals surface area contributed by atoms with E-state index in [0.29, 0.717) is 6.54 Å². The molecule has 0 radical (unpaired) electrons. The van der Waals surface area contributed by atoms with Gasteiger partial charge in [0.05, 0.1) is 6.21 Å². The van der Waals surface area contributed by atoms with Gasteiger partial charge in [-0.1, -0.05) is 41.6 Å². The molecular formula is C17H17FN2O2. The highest BCUT2D eigenvalue weighted by molar-refractivity contribution is 5.81. The Morgan fingerprint density at radius 1 is 1.23 bits per heavy atom. The number of hydrogen-bond donors (Lipinski definition) is 1. The predicted molar refractivity (Wildman–Crippen MR) is 83.0 cm³/mol. The fourth-order valence-electron chi connectivity index (χ4n) is 1.78. The number of nitrogens with zero attached hydrogens (tertiary/aromatic N) is 1. The lowest BCUT2D eigenvalue weighted by molar-refractivity contribution is -0.125. The number of rotatable bonds is 6. The summed E-state index contributed by atoms with van der Waals surface area (Å²) in [5, 5.41) is 6.44. The molecule has 2 aromatic carbocycles. The van der Waals surface area contributed by atoms with Crippen LogP contribution in [0.5, 0.6) is 0 Å². The van der Waals surface area contributed by atoms with Crippen molar-refractivity contribution in [3.8, 4) is 0 Å². The van der Waals surface area contributed by atoms with Crippen molar-refractivity contribution in [3.05, 3.63) is 71.0 Å². The highest BCUT2D eigenvalue weighted by Crippen LogP contribution is 2.04. The number of oxime groups is 1. The van der Waals surface area contributed by atoms with Crippen molar-refractivity contribution < 1.29 is 14.0 Å². The van der Waals surface area contributed by atoms with Crippen LogP contribution in [0.15, 0.2) is 53.7 Å². The van der Waals surface area contributed by atoms with Gasteiger partial charge in [0.25, 0.3) is 5.91 Å². The predicted octanol–water partition coefficient (Wildman–Crippen LogP) is 2.80. The third kappa shape index (κ3) is 5.01. The second kappa shape index (κ2) is 7.93. The number of aryl methyl sites for hydroxylation is 1. The SMILES string of the molecule is Cc1ccccc1C=NOCC(=O)NCc1ccc(F)cc1. The molecule has 114 valence electrons. The number of halogens is 1. The van der Waals surface area contributed by atoms with Gasteiger partial charge in [-0.05, 0) is 35.7 Å². The van der Waals surface area contributed by atoms with Crippen molar-refractivity contribution in [3.63, 3.8) is 0 Å². The molecule has 0 heterocycles. The Bertz CT molecular complexity index is 654. The third-order valence-corrected chi connectivity index (χ3v) is 3.05. The Morgan fingerprint density at radius 2 is 1.95 bits per heavy atom. The number of nitrogens with one attached hydrogen (secondary N) is 1. The van der Waals surface area contributed by atoms with E-state index in [1.165, 1.54) is 12.1 Å². The summed E-state index contributed by atoms with van der Waals surface area (Å²) in [6, 6.07) is 13.7. The van der Waals surface area contributed by atoms with Crippen LogP contribution >= 0.6 is 0 Å². The van der Waals surface area contributed by atoms with Crippen molar-refractivity contribution in [1.29, 1.82) is 0 Å². The van der Waals surface area contributed by atoms with Crippen molar-refractivity contribution in [2.45, 2.75) is 13.5 Å². The molecule has 0 atom stereocenters. The average Bonchev–Trinajstić information content (AvgIpc) is 2.52. The maximum absolute atomic E-state index is 12.7. The second-order valence-electron chi connectivity index (χ2n) is 4.77. The number of hydrogen-bond acceptors (Lipinski definition) is 3. The molecule has 0 aliphatic heterocycles. The Labute approximate surface area is 128 Å². The van der Waals surface area contributed by atoms with Crippen LogP contribution in [-0.2, 0) is 16.2 Å². The van der Waals surface area contributed by atoms with Crippen LogP contribution in [0.3, 0.4) is 0 Å². The molecule has 0 aromatic heterocycles. The van der Waals surface area contributed by atoms with E-state index in [1.54, 1.807) is 18.3 Å². The zero-order chi connectivity index (χ0) is 15.8. The molecule has 2 rings (SSSR count). The first kappa shape index (κ1) is 15.7. The summed E-state index contributed by atoms with van der Waals surface area (Å²) in [5.41, 5.74) is 2.84. The molecule has 0 saturated carbocycles. The van der Waals surface area contributed by atoms with Gasteiger partial charge in [-0.15, -0.1) is 0 Å². The van der Waals surface area contributed by atoms with E-state index >= 15 is 0 Å². The maximum atomic E-state index is 12.7. The molecular weight excluding hydrogens is 283 g/mol. The van der Waals surface area contributed by atoms with E-state index in [1.807, 2.05) is 31.2 Å². The van der Waals surface area contributed by atoms with E-state index in [2.05, 4.69) is 10.5 Å². The fraction of sp³-hybridized carbons (Fsp3) is 0.176. The minimum Gasteiger partial charge on any atom is -0.386 e. The highest BCUT2D eigenvalue weighted by Gasteiger charge is 2.01. The third-order valence-electron chi connectivity index (χ3n) is 3.05. The molecule has 0 spiro atoms. The van der Waals surface area contributed by atoms with Gasteiger partial charge in [-0.25, -0.2) is 4.39 Å². The lowest BCUT2D eigenvalue weighted by atomic mass is 10.1. The molecule has 1 N–H and O–H groups in total. The van der Waals surface area contributed by atoms with Crippen LogP contribution in [0.2, 0.25) is 0 Å². The van der Waals surface area contributed by atoms with E-state index in [-0.39, 0.29) is 18.3 Å². The molecule has 0 aliphatic carbocycles. The normalized spacial score (nSPS) is 10.6. The molecule has 2 aromatic rings. The van der Waals surface area contributed by atoms with Gasteiger partial charge in [0.2, 0.25) is 0 Å². The smallest absolute Gasteiger partial charge is 0.261 e. The van der Waals surface area contributed by atoms with E-state index < -0.39 is 0 Å². The van der Waals surface area contributed by atoms with Crippen LogP contribution < -0.4 is 5.32 Å². The quantitative estimate of drug-likeness (QED) is 0.659. The highest BCUT2D eigenvalue weighted by atomic mass is 19.1. The fourth-order valence-corrected chi connectivity index (χ4v) is 1.78. The van der Waals surface area contributed by atoms with Gasteiger partial charge >= 0.3 is 0 Å². The van der Waals surface area contributed by atoms with Crippen LogP contribution in [0.25, 0.3) is 0 Å². The molecule has 22 heavy (non-hydrogen) atoms. The van der Waals surface area contributed by atoms with Crippen molar-refractivity contribution in [2.24, 2.45) is 5.16 Å². The number of carbonyl (C=O) groups excluding carboxylic acids is 1. The van der Waals surface area contributed by atoms with Crippen LogP contribution in [-0.4, -0.2) is 18.7 Å². The first-order valence-electron chi connectivity index (χ1n) is 6.87. The van der Waals surface area contributed by atoms with Crippen LogP contribution in [0.4, 0.5) is 4.39 Å². The number of carbonyl (C=O) groups is 1. The largest absolute Gasteiger partial charge is 0.386 e. The molecule has 5 heteroatoms. The summed E-state index contributed by atoms with van der Waals surface area (Å²) in [6.45, 7) is 2.13. The zero-order valence-electron chi connectivity index (χ0n) is 12.3. The minimum absolute atomic E-state index is 0.163. The van der Waals surface area contributed by atoms with Gasteiger partial charge < -0.3 is 10.2 Å². The summed E-state index contributed by atoms with van der Waals surface area (Å²) >= 11 is 0. The summed E-state index contributed by atoms with van der Waals surface area (Å²) in [4.78, 5) is 16.5. The van der Waals surface area contributed by atoms with Gasteiger partial charge in [0.1, 0.15) is 5.82 Å². The van der Waals surface area contributed by atoms with Crippen molar-refractivity contribution >= 4 is 12.1 Å². The van der Waals surface area contributed by atoms with Crippen LogP contribution in [0.1, 0.15) is 16.7 Å². The molecule has 0 fully saturated rings. The zero-order valence-corrected chi connectivity index (χ0v) is 12.3. The maximum Gasteiger partial charge on any atom is 0.261 e. The summed E-state index contributed by atoms with van der Waals surface area (Å²) < 4.78 is 12.7. The van der Waals surface area contributed by atoms with E-state index in [0.717, 1.165) is 16.7 Å². The van der Waals surface area contributed by atoms with E-state index in [9.17, 15) is 9.18 Å². The van der Waals surface area contributed by atoms with Crippen molar-refractivity contribution in [2.75, 3.05) is 6.61 Å². The molecule has 0 aliphatic rings. The minimum atomic E-state index is -0.302. The lowest BCUT2D eigenvalue weighted by Crippen LogP contribution is -2.26. The second-order valence-corrected chi connectivity index (χ2v) is 4.77. The molecule has 4 nitrogen and oxygen atoms in total. The van der Waals surface area contributed by atoms with E-state index in [4.69, 9.17) is 4.84 Å². The molecule has 0 unspecified atom stereocenters. The topological polar surface area (TPSA) is 50.7 Å². The first-order chi connectivity index (χ1) is 10.6. The lowest BCUT2D eigenvalue weighted by Gasteiger charge is -2.04. The first-order valence-corrected chi connectivity index (χ1v) is 6.87. The van der Waals surface area contributed by atoms with Gasteiger partial charge in [-0.3, -0.25) is 4.79 Å². The van der Waals surface area contributed by atoms with Crippen molar-refractivity contribution in [1.82, 2.24) is 5.32 Å². The summed E-state index contributed by atoms with van der Waals surface area (Å²) in [7, 11) is 0. The Morgan fingerprint density at radius 3 is 2.68 bits per heavy atom. The molecule has 0 bridgehead atoms. The number of amides is 1. The Hall–Kier alpha value is -2.69. The monoisotopic (exact) mass is 300 g/mol. The Kier molecular flexibility index (Phi) is 5.65. The Balaban J connectivity index is 1.72. The summed E-state index contributed by atoms with van der Waals surface area (Å²) in [6.07, 6.45) is 1.57. The van der Waals surface area contributed by atoms with Crippen LogP contribution in [0, 0.1) is 12.7 Å². The van der Waals surface area contributed by atoms with Gasteiger partial charge in [0, 0.05) is 6.54 Å². The average molecular weight is 300 g/mol. The standard InChI is InChI=1S/C17H17FN2O2/c1-13-4-2-3-5-15(13)11-20-22-12-17(21)19-10-14-6-8-16(18)9-7-14/h2-9,11H,10,12H2,1H3,(H,19,21). The number of benzene rings is 2. The van der Waals surface area contributed by atoms with Gasteiger partial charge in [0.15, 0.2) is 6.61 Å². The molecule has 0 saturated heterocycles.